The van der Waals surface area contributed by atoms with Crippen molar-refractivity contribution in [2.24, 2.45) is 5.73 Å². The van der Waals surface area contributed by atoms with Crippen LogP contribution in [0.3, 0.4) is 0 Å². The van der Waals surface area contributed by atoms with Gasteiger partial charge in [0.05, 0.1) is 13.2 Å². The number of likely N-dealkylation sites (N-methyl/N-ethyl adjacent to an activating group) is 1. The van der Waals surface area contributed by atoms with Crippen LogP contribution in [0.4, 0.5) is 4.79 Å². The molecule has 0 bridgehead atoms. The van der Waals surface area contributed by atoms with Gasteiger partial charge >= 0.3 is 6.09 Å². The quantitative estimate of drug-likeness (QED) is 0.906. The fourth-order valence-electron chi connectivity index (χ4n) is 1.90. The number of ether oxygens (including phenoxy) is 2. The van der Waals surface area contributed by atoms with Crippen LogP contribution in [0.5, 0.6) is 5.75 Å². The second-order valence-corrected chi connectivity index (χ2v) is 6.03. The van der Waals surface area contributed by atoms with Gasteiger partial charge < -0.3 is 20.1 Å². The number of methoxy groups -OCH3 is 1. The molecule has 0 aromatic heterocycles. The molecule has 0 spiro atoms. The van der Waals surface area contributed by atoms with E-state index in [0.29, 0.717) is 13.0 Å². The van der Waals surface area contributed by atoms with Gasteiger partial charge in [-0.3, -0.25) is 0 Å². The van der Waals surface area contributed by atoms with Crippen molar-refractivity contribution in [1.82, 2.24) is 4.90 Å². The molecule has 1 atom stereocenters. The second kappa shape index (κ2) is 7.31. The van der Waals surface area contributed by atoms with Gasteiger partial charge in [0.15, 0.2) is 0 Å². The van der Waals surface area contributed by atoms with Gasteiger partial charge in [-0.05, 0) is 44.9 Å². The Bertz CT molecular complexity index is 452. The summed E-state index contributed by atoms with van der Waals surface area (Å²) in [4.78, 5) is 13.6. The van der Waals surface area contributed by atoms with Crippen molar-refractivity contribution in [3.63, 3.8) is 0 Å². The van der Waals surface area contributed by atoms with Gasteiger partial charge in [-0.1, -0.05) is 12.1 Å². The zero-order valence-corrected chi connectivity index (χ0v) is 13.6. The molecular weight excluding hydrogens is 268 g/mol. The molecule has 1 amide bonds. The Morgan fingerprint density at radius 3 is 2.29 bits per heavy atom. The fraction of sp³-hybridized carbons (Fsp3) is 0.562. The largest absolute Gasteiger partial charge is 0.497 e. The fourth-order valence-corrected chi connectivity index (χ4v) is 1.90. The van der Waals surface area contributed by atoms with Gasteiger partial charge in [0.25, 0.3) is 0 Å². The molecule has 0 aliphatic carbocycles. The van der Waals surface area contributed by atoms with Crippen molar-refractivity contribution in [3.05, 3.63) is 29.8 Å². The topological polar surface area (TPSA) is 64.8 Å². The molecule has 0 unspecified atom stereocenters. The lowest BCUT2D eigenvalue weighted by Crippen LogP contribution is -2.45. The Labute approximate surface area is 127 Å². The molecule has 1 aromatic carbocycles. The molecule has 0 saturated carbocycles. The number of hydrogen-bond acceptors (Lipinski definition) is 4. The first kappa shape index (κ1) is 17.3. The highest BCUT2D eigenvalue weighted by Gasteiger charge is 2.24. The molecule has 1 rings (SSSR count). The Kier molecular flexibility index (Phi) is 6.03. The number of nitrogens with two attached hydrogens (primary N) is 1. The summed E-state index contributed by atoms with van der Waals surface area (Å²) in [6.45, 7) is 5.92. The van der Waals surface area contributed by atoms with Gasteiger partial charge in [-0.25, -0.2) is 4.79 Å². The monoisotopic (exact) mass is 294 g/mol. The molecular formula is C16H26N2O3. The summed E-state index contributed by atoms with van der Waals surface area (Å²) in [5.41, 5.74) is 6.39. The lowest BCUT2D eigenvalue weighted by molar-refractivity contribution is 0.0228. The highest BCUT2D eigenvalue weighted by Crippen LogP contribution is 2.16. The van der Waals surface area contributed by atoms with E-state index in [4.69, 9.17) is 15.2 Å². The highest BCUT2D eigenvalue weighted by molar-refractivity contribution is 5.68. The third kappa shape index (κ3) is 5.63. The highest BCUT2D eigenvalue weighted by atomic mass is 16.6. The Morgan fingerprint density at radius 1 is 1.29 bits per heavy atom. The van der Waals surface area contributed by atoms with E-state index in [9.17, 15) is 4.79 Å². The summed E-state index contributed by atoms with van der Waals surface area (Å²) in [5.74, 6) is 0.809. The summed E-state index contributed by atoms with van der Waals surface area (Å²) in [7, 11) is 3.35. The lowest BCUT2D eigenvalue weighted by atomic mass is 10.1. The van der Waals surface area contributed by atoms with Crippen molar-refractivity contribution >= 4 is 6.09 Å². The maximum absolute atomic E-state index is 12.1. The van der Waals surface area contributed by atoms with Crippen LogP contribution in [0.15, 0.2) is 24.3 Å². The minimum atomic E-state index is -0.509. The first-order chi connectivity index (χ1) is 9.76. The Morgan fingerprint density at radius 2 is 1.86 bits per heavy atom. The van der Waals surface area contributed by atoms with E-state index in [1.807, 2.05) is 45.0 Å². The summed E-state index contributed by atoms with van der Waals surface area (Å²) in [5, 5.41) is 0. The number of rotatable bonds is 5. The molecule has 118 valence electrons. The van der Waals surface area contributed by atoms with Crippen LogP contribution in [0.25, 0.3) is 0 Å². The third-order valence-electron chi connectivity index (χ3n) is 3.13. The average molecular weight is 294 g/mol. The molecule has 1 aromatic rings. The molecule has 2 N–H and O–H groups in total. The predicted octanol–water partition coefficient (Wildman–Crippen LogP) is 2.43. The number of amides is 1. The molecule has 0 fully saturated rings. The van der Waals surface area contributed by atoms with Crippen LogP contribution in [0, 0.1) is 0 Å². The summed E-state index contributed by atoms with van der Waals surface area (Å²) < 4.78 is 10.5. The van der Waals surface area contributed by atoms with Crippen LogP contribution < -0.4 is 10.5 Å². The maximum Gasteiger partial charge on any atom is 0.410 e. The molecule has 0 aliphatic heterocycles. The van der Waals surface area contributed by atoms with E-state index in [1.54, 1.807) is 19.1 Å². The molecule has 0 radical (unpaired) electrons. The van der Waals surface area contributed by atoms with Crippen molar-refractivity contribution in [1.29, 1.82) is 0 Å². The van der Waals surface area contributed by atoms with Gasteiger partial charge in [0, 0.05) is 13.6 Å². The molecule has 0 saturated heterocycles. The number of carbonyl (C=O) groups is 1. The van der Waals surface area contributed by atoms with Crippen LogP contribution in [0.1, 0.15) is 26.3 Å². The Hall–Kier alpha value is -1.75. The third-order valence-corrected chi connectivity index (χ3v) is 3.13. The minimum Gasteiger partial charge on any atom is -0.497 e. The molecule has 5 nitrogen and oxygen atoms in total. The summed E-state index contributed by atoms with van der Waals surface area (Å²) in [6, 6.07) is 7.65. The van der Waals surface area contributed by atoms with E-state index < -0.39 is 5.60 Å². The van der Waals surface area contributed by atoms with Gasteiger partial charge in [-0.2, -0.15) is 0 Å². The van der Waals surface area contributed by atoms with Gasteiger partial charge in [0.1, 0.15) is 11.4 Å². The van der Waals surface area contributed by atoms with Crippen LogP contribution in [0.2, 0.25) is 0 Å². The lowest BCUT2D eigenvalue weighted by Gasteiger charge is -2.30. The minimum absolute atomic E-state index is 0.103. The van der Waals surface area contributed by atoms with E-state index >= 15 is 0 Å². The molecule has 5 heteroatoms. The van der Waals surface area contributed by atoms with E-state index in [0.717, 1.165) is 11.3 Å². The van der Waals surface area contributed by atoms with Crippen molar-refractivity contribution < 1.29 is 14.3 Å². The van der Waals surface area contributed by atoms with E-state index in [-0.39, 0.29) is 12.1 Å². The number of hydrogen-bond donors (Lipinski definition) is 1. The summed E-state index contributed by atoms with van der Waals surface area (Å²) >= 11 is 0. The first-order valence-corrected chi connectivity index (χ1v) is 7.05. The molecule has 0 heterocycles. The van der Waals surface area contributed by atoms with Crippen molar-refractivity contribution in [2.75, 3.05) is 20.7 Å². The number of nitrogens with zero attached hydrogens (tertiary/aromatic N) is 1. The van der Waals surface area contributed by atoms with Gasteiger partial charge in [-0.15, -0.1) is 0 Å². The molecule has 21 heavy (non-hydrogen) atoms. The average Bonchev–Trinajstić information content (AvgIpc) is 2.42. The normalized spacial score (nSPS) is 12.7. The standard InChI is InChI=1S/C16H26N2O3/c1-16(2,3)21-15(19)18(4)13(11-17)10-12-6-8-14(20-5)9-7-12/h6-9,13H,10-11,17H2,1-5H3/t13-/m0/s1. The van der Waals surface area contributed by atoms with Crippen LogP contribution >= 0.6 is 0 Å². The van der Waals surface area contributed by atoms with Crippen LogP contribution in [-0.4, -0.2) is 43.3 Å². The second-order valence-electron chi connectivity index (χ2n) is 6.03. The maximum atomic E-state index is 12.1. The van der Waals surface area contributed by atoms with Crippen molar-refractivity contribution in [2.45, 2.75) is 38.8 Å². The van der Waals surface area contributed by atoms with Crippen molar-refractivity contribution in [3.8, 4) is 5.75 Å². The smallest absolute Gasteiger partial charge is 0.410 e. The zero-order valence-electron chi connectivity index (χ0n) is 13.6. The Balaban J connectivity index is 2.70. The first-order valence-electron chi connectivity index (χ1n) is 7.05. The summed E-state index contributed by atoms with van der Waals surface area (Å²) in [6.07, 6.45) is 0.322. The predicted molar refractivity (Wildman–Crippen MR) is 83.5 cm³/mol. The number of carbonyl (C=O) groups excluding carboxylic acids is 1. The molecule has 0 aliphatic rings. The van der Waals surface area contributed by atoms with Crippen LogP contribution in [-0.2, 0) is 11.2 Å². The number of benzene rings is 1. The van der Waals surface area contributed by atoms with E-state index in [2.05, 4.69) is 0 Å². The SMILES string of the molecule is COc1ccc(C[C@@H](CN)N(C)C(=O)OC(C)(C)C)cc1. The zero-order chi connectivity index (χ0) is 16.0. The van der Waals surface area contributed by atoms with Gasteiger partial charge in [0.2, 0.25) is 0 Å². The van der Waals surface area contributed by atoms with E-state index in [1.165, 1.54) is 0 Å².